The molecule has 0 aromatic rings. The third-order valence-corrected chi connectivity index (χ3v) is 13.4. The predicted molar refractivity (Wildman–Crippen MR) is 131 cm³/mol. The summed E-state index contributed by atoms with van der Waals surface area (Å²) in [7, 11) is 0. The SMILES string of the molecule is C=C1C(=O)CC[C@H]2[C@]3(C)CC[C@@]4(C)[C@H]5CC(C)(C)[C@H](O)C[C@]5(C)CC[C@]4(C)[C@H]3CC[C@]12C. The molecule has 5 aliphatic carbocycles. The zero-order valence-corrected chi connectivity index (χ0v) is 21.9. The summed E-state index contributed by atoms with van der Waals surface area (Å²) in [5, 5.41) is 11.0. The second-order valence-electron chi connectivity index (χ2n) is 15.0. The summed E-state index contributed by atoms with van der Waals surface area (Å²) in [5.74, 6) is 2.34. The van der Waals surface area contributed by atoms with Gasteiger partial charge in [-0.25, -0.2) is 0 Å². The molecule has 1 N–H and O–H groups in total. The zero-order valence-electron chi connectivity index (χ0n) is 21.9. The molecular formula is C30H48O2. The number of hydrogen-bond acceptors (Lipinski definition) is 2. The fourth-order valence-corrected chi connectivity index (χ4v) is 10.9. The van der Waals surface area contributed by atoms with Gasteiger partial charge in [0, 0.05) is 6.42 Å². The minimum absolute atomic E-state index is 0.00477. The number of fused-ring (bicyclic) bond motifs is 7. The molecule has 9 atom stereocenters. The highest BCUT2D eigenvalue weighted by Gasteiger charge is 2.71. The van der Waals surface area contributed by atoms with Crippen molar-refractivity contribution in [1.82, 2.24) is 0 Å². The highest BCUT2D eigenvalue weighted by molar-refractivity contribution is 5.97. The van der Waals surface area contributed by atoms with Crippen molar-refractivity contribution in [1.29, 1.82) is 0 Å². The third kappa shape index (κ3) is 2.60. The molecule has 5 fully saturated rings. The summed E-state index contributed by atoms with van der Waals surface area (Å²) < 4.78 is 0. The molecule has 32 heavy (non-hydrogen) atoms. The number of carbonyl (C=O) groups excluding carboxylic acids is 1. The third-order valence-electron chi connectivity index (χ3n) is 13.4. The minimum Gasteiger partial charge on any atom is -0.393 e. The molecule has 0 saturated heterocycles. The van der Waals surface area contributed by atoms with E-state index in [1.807, 2.05) is 0 Å². The van der Waals surface area contributed by atoms with Gasteiger partial charge in [0.2, 0.25) is 0 Å². The molecule has 0 heterocycles. The standard InChI is InChI=1S/C30H48O2/c1-19-20(31)9-10-21-27(19,5)12-11-22-28(21,6)14-16-30(8)23-17-25(2,3)24(32)18-26(23,4)13-15-29(22,30)7/h21-24,32H,1,9-18H2,2-8H3/t21-,22+,23+,24-,26+,27-,28+,29-,30+/m1/s1. The number of aliphatic hydroxyl groups excluding tert-OH is 1. The fraction of sp³-hybridized carbons (Fsp3) is 0.900. The highest BCUT2D eigenvalue weighted by atomic mass is 16.3. The number of Topliss-reactive ketones (excluding diaryl/α,β-unsaturated/α-hetero) is 1. The molecule has 0 aliphatic heterocycles. The van der Waals surface area contributed by atoms with Crippen LogP contribution in [0.1, 0.15) is 113 Å². The van der Waals surface area contributed by atoms with Gasteiger partial charge in [0.25, 0.3) is 0 Å². The number of allylic oxidation sites excluding steroid dienone is 1. The Kier molecular flexibility index (Phi) is 4.71. The van der Waals surface area contributed by atoms with Crippen molar-refractivity contribution in [2.24, 2.45) is 50.2 Å². The number of aliphatic hydroxyl groups is 1. The van der Waals surface area contributed by atoms with Crippen LogP contribution < -0.4 is 0 Å². The van der Waals surface area contributed by atoms with Crippen LogP contribution in [0.4, 0.5) is 0 Å². The van der Waals surface area contributed by atoms with Gasteiger partial charge in [-0.1, -0.05) is 55.0 Å². The van der Waals surface area contributed by atoms with Crippen LogP contribution in [0.5, 0.6) is 0 Å². The largest absolute Gasteiger partial charge is 0.393 e. The Morgan fingerprint density at radius 1 is 0.781 bits per heavy atom. The second kappa shape index (κ2) is 6.52. The monoisotopic (exact) mass is 440 g/mol. The van der Waals surface area contributed by atoms with E-state index in [4.69, 9.17) is 0 Å². The molecule has 0 aromatic heterocycles. The summed E-state index contributed by atoms with van der Waals surface area (Å²) in [6.45, 7) is 21.7. The van der Waals surface area contributed by atoms with Crippen LogP contribution in [-0.2, 0) is 4.79 Å². The Balaban J connectivity index is 1.55. The first kappa shape index (κ1) is 23.1. The quantitative estimate of drug-likeness (QED) is 0.400. The van der Waals surface area contributed by atoms with Crippen LogP contribution >= 0.6 is 0 Å². The molecule has 0 radical (unpaired) electrons. The molecule has 0 spiro atoms. The van der Waals surface area contributed by atoms with Crippen LogP contribution in [-0.4, -0.2) is 17.0 Å². The van der Waals surface area contributed by atoms with Crippen molar-refractivity contribution in [2.45, 2.75) is 119 Å². The molecule has 180 valence electrons. The topological polar surface area (TPSA) is 37.3 Å². The Morgan fingerprint density at radius 2 is 1.41 bits per heavy atom. The number of ketones is 1. The van der Waals surface area contributed by atoms with Gasteiger partial charge in [0.1, 0.15) is 0 Å². The maximum atomic E-state index is 12.6. The molecule has 5 saturated carbocycles. The number of hydrogen-bond donors (Lipinski definition) is 1. The fourth-order valence-electron chi connectivity index (χ4n) is 10.9. The molecule has 5 rings (SSSR count). The van der Waals surface area contributed by atoms with Crippen molar-refractivity contribution in [2.75, 3.05) is 0 Å². The summed E-state index contributed by atoms with van der Waals surface area (Å²) in [5.41, 5.74) is 2.20. The molecule has 0 bridgehead atoms. The van der Waals surface area contributed by atoms with Gasteiger partial charge in [0.05, 0.1) is 6.10 Å². The molecular weight excluding hydrogens is 392 g/mol. The Morgan fingerprint density at radius 3 is 2.09 bits per heavy atom. The Hall–Kier alpha value is -0.630. The van der Waals surface area contributed by atoms with Crippen molar-refractivity contribution in [3.05, 3.63) is 12.2 Å². The smallest absolute Gasteiger partial charge is 0.158 e. The van der Waals surface area contributed by atoms with E-state index in [0.29, 0.717) is 40.3 Å². The van der Waals surface area contributed by atoms with E-state index >= 15 is 0 Å². The van der Waals surface area contributed by atoms with E-state index in [1.165, 1.54) is 32.1 Å². The van der Waals surface area contributed by atoms with Crippen LogP contribution in [0.15, 0.2) is 12.2 Å². The van der Waals surface area contributed by atoms with Gasteiger partial charge in [-0.15, -0.1) is 0 Å². The van der Waals surface area contributed by atoms with E-state index in [1.54, 1.807) is 0 Å². The van der Waals surface area contributed by atoms with E-state index in [2.05, 4.69) is 55.0 Å². The lowest BCUT2D eigenvalue weighted by atomic mass is 9.30. The first-order valence-corrected chi connectivity index (χ1v) is 13.5. The van der Waals surface area contributed by atoms with Crippen molar-refractivity contribution in [3.63, 3.8) is 0 Å². The van der Waals surface area contributed by atoms with Gasteiger partial charge < -0.3 is 5.11 Å². The first-order valence-electron chi connectivity index (χ1n) is 13.5. The van der Waals surface area contributed by atoms with Crippen LogP contribution in [0.3, 0.4) is 0 Å². The van der Waals surface area contributed by atoms with Gasteiger partial charge in [-0.2, -0.15) is 0 Å². The van der Waals surface area contributed by atoms with Gasteiger partial charge in [-0.05, 0) is 114 Å². The van der Waals surface area contributed by atoms with Crippen LogP contribution in [0.25, 0.3) is 0 Å². The summed E-state index contributed by atoms with van der Waals surface area (Å²) in [6, 6.07) is 0. The lowest BCUT2D eigenvalue weighted by Crippen LogP contribution is -2.68. The van der Waals surface area contributed by atoms with E-state index in [9.17, 15) is 9.90 Å². The molecule has 5 aliphatic rings. The Labute approximate surface area is 197 Å². The maximum absolute atomic E-state index is 12.6. The van der Waals surface area contributed by atoms with Crippen molar-refractivity contribution < 1.29 is 9.90 Å². The highest BCUT2D eigenvalue weighted by Crippen LogP contribution is 2.78. The summed E-state index contributed by atoms with van der Waals surface area (Å²) >= 11 is 0. The first-order chi connectivity index (χ1) is 14.6. The molecule has 0 aromatic carbocycles. The molecule has 0 unspecified atom stereocenters. The number of carbonyl (C=O) groups is 1. The summed E-state index contributed by atoms with van der Waals surface area (Å²) in [4.78, 5) is 12.6. The molecule has 0 amide bonds. The maximum Gasteiger partial charge on any atom is 0.158 e. The minimum atomic E-state index is -0.174. The summed E-state index contributed by atoms with van der Waals surface area (Å²) in [6.07, 6.45) is 11.3. The van der Waals surface area contributed by atoms with Gasteiger partial charge in [0.15, 0.2) is 5.78 Å². The predicted octanol–water partition coefficient (Wildman–Crippen LogP) is 7.35. The van der Waals surface area contributed by atoms with Crippen molar-refractivity contribution >= 4 is 5.78 Å². The molecule has 2 nitrogen and oxygen atoms in total. The van der Waals surface area contributed by atoms with Gasteiger partial charge in [-0.3, -0.25) is 4.79 Å². The average Bonchev–Trinajstić information content (AvgIpc) is 2.70. The van der Waals surface area contributed by atoms with E-state index in [-0.39, 0.29) is 22.3 Å². The number of rotatable bonds is 0. The van der Waals surface area contributed by atoms with Crippen LogP contribution in [0, 0.1) is 50.2 Å². The van der Waals surface area contributed by atoms with Crippen LogP contribution in [0.2, 0.25) is 0 Å². The van der Waals surface area contributed by atoms with E-state index < -0.39 is 0 Å². The molecule has 2 heteroatoms. The second-order valence-corrected chi connectivity index (χ2v) is 15.0. The van der Waals surface area contributed by atoms with Crippen molar-refractivity contribution in [3.8, 4) is 0 Å². The average molecular weight is 441 g/mol. The zero-order chi connectivity index (χ0) is 23.5. The normalized spacial score (nSPS) is 57.1. The van der Waals surface area contributed by atoms with Gasteiger partial charge >= 0.3 is 0 Å². The lowest BCUT2D eigenvalue weighted by Gasteiger charge is -2.74. The van der Waals surface area contributed by atoms with E-state index in [0.717, 1.165) is 37.2 Å². The lowest BCUT2D eigenvalue weighted by molar-refractivity contribution is -0.258. The Bertz CT molecular complexity index is 857.